The lowest BCUT2D eigenvalue weighted by molar-refractivity contribution is 0.0419. The first kappa shape index (κ1) is 19.8. The Labute approximate surface area is 182 Å². The Hall–Kier alpha value is -3.15. The van der Waals surface area contributed by atoms with Crippen LogP contribution in [0.5, 0.6) is 0 Å². The van der Waals surface area contributed by atoms with E-state index in [0.717, 1.165) is 22.4 Å². The number of para-hydroxylation sites is 1. The summed E-state index contributed by atoms with van der Waals surface area (Å²) in [5.74, 6) is 0.0737. The number of rotatable bonds is 4. The third-order valence-corrected chi connectivity index (χ3v) is 6.51. The van der Waals surface area contributed by atoms with E-state index in [4.69, 9.17) is 4.74 Å². The quantitative estimate of drug-likeness (QED) is 0.666. The molecule has 3 aromatic carbocycles. The number of carbonyl (C=O) groups is 1. The van der Waals surface area contributed by atoms with Crippen LogP contribution in [0, 0.1) is 0 Å². The molecule has 0 bridgehead atoms. The lowest BCUT2D eigenvalue weighted by Gasteiger charge is -2.37. The standard InChI is InChI=1S/C26H26N2O3/c1-2-31-25(29)28-22-16-10-9-15-20(22)21-17-23(27-24(21)28)26(30,18-11-5-3-6-12-18)19-13-7-4-8-14-19/h3-16,21,23-24,27,30H,2,17H2,1H3/t21-,23+,24+/m1/s1. The molecule has 3 aromatic rings. The Kier molecular flexibility index (Phi) is 5.00. The maximum Gasteiger partial charge on any atom is 0.415 e. The van der Waals surface area contributed by atoms with Gasteiger partial charge in [-0.2, -0.15) is 0 Å². The number of hydrogen-bond acceptors (Lipinski definition) is 4. The topological polar surface area (TPSA) is 61.8 Å². The molecule has 0 aliphatic carbocycles. The Morgan fingerprint density at radius 2 is 1.58 bits per heavy atom. The van der Waals surface area contributed by atoms with E-state index in [1.54, 1.807) is 4.90 Å². The van der Waals surface area contributed by atoms with Gasteiger partial charge in [0, 0.05) is 12.0 Å². The van der Waals surface area contributed by atoms with Crippen molar-refractivity contribution in [1.82, 2.24) is 5.32 Å². The van der Waals surface area contributed by atoms with Gasteiger partial charge in [0.1, 0.15) is 5.60 Å². The van der Waals surface area contributed by atoms with Crippen molar-refractivity contribution in [2.24, 2.45) is 0 Å². The molecule has 0 unspecified atom stereocenters. The summed E-state index contributed by atoms with van der Waals surface area (Å²) >= 11 is 0. The molecule has 31 heavy (non-hydrogen) atoms. The third kappa shape index (κ3) is 3.12. The lowest BCUT2D eigenvalue weighted by Crippen LogP contribution is -2.53. The number of nitrogens with one attached hydrogen (secondary N) is 1. The number of ether oxygens (including phenoxy) is 1. The normalized spacial score (nSPS) is 22.1. The maximum absolute atomic E-state index is 12.8. The van der Waals surface area contributed by atoms with Gasteiger partial charge in [0.25, 0.3) is 0 Å². The van der Waals surface area contributed by atoms with Crippen molar-refractivity contribution in [1.29, 1.82) is 0 Å². The third-order valence-electron chi connectivity index (χ3n) is 6.51. The van der Waals surface area contributed by atoms with Crippen LogP contribution >= 0.6 is 0 Å². The van der Waals surface area contributed by atoms with Gasteiger partial charge in [0.2, 0.25) is 0 Å². The molecule has 158 valence electrons. The molecule has 2 aliphatic heterocycles. The van der Waals surface area contributed by atoms with E-state index in [0.29, 0.717) is 13.0 Å². The van der Waals surface area contributed by atoms with Gasteiger partial charge in [-0.15, -0.1) is 0 Å². The predicted octanol–water partition coefficient (Wildman–Crippen LogP) is 4.37. The molecule has 5 heteroatoms. The van der Waals surface area contributed by atoms with E-state index in [-0.39, 0.29) is 24.2 Å². The summed E-state index contributed by atoms with van der Waals surface area (Å²) in [6, 6.07) is 27.2. The highest BCUT2D eigenvalue weighted by atomic mass is 16.6. The summed E-state index contributed by atoms with van der Waals surface area (Å²) in [6.07, 6.45) is 0.0664. The van der Waals surface area contributed by atoms with Crippen molar-refractivity contribution >= 4 is 11.8 Å². The molecule has 2 N–H and O–H groups in total. The van der Waals surface area contributed by atoms with Crippen LogP contribution in [0.2, 0.25) is 0 Å². The van der Waals surface area contributed by atoms with Gasteiger partial charge in [-0.25, -0.2) is 4.79 Å². The first-order chi connectivity index (χ1) is 15.1. The Morgan fingerprint density at radius 3 is 2.19 bits per heavy atom. The fourth-order valence-electron chi connectivity index (χ4n) is 5.14. The van der Waals surface area contributed by atoms with Crippen molar-refractivity contribution in [3.8, 4) is 0 Å². The fourth-order valence-corrected chi connectivity index (χ4v) is 5.14. The summed E-state index contributed by atoms with van der Waals surface area (Å²) < 4.78 is 5.37. The molecule has 5 nitrogen and oxygen atoms in total. The highest BCUT2D eigenvalue weighted by Crippen LogP contribution is 2.49. The van der Waals surface area contributed by atoms with E-state index in [1.165, 1.54) is 0 Å². The van der Waals surface area contributed by atoms with Crippen LogP contribution in [0.25, 0.3) is 0 Å². The van der Waals surface area contributed by atoms with Gasteiger partial charge < -0.3 is 9.84 Å². The van der Waals surface area contributed by atoms with Crippen LogP contribution in [-0.2, 0) is 10.3 Å². The number of amides is 1. The zero-order valence-corrected chi connectivity index (χ0v) is 17.4. The van der Waals surface area contributed by atoms with Crippen molar-refractivity contribution in [2.75, 3.05) is 11.5 Å². The molecule has 0 spiro atoms. The minimum absolute atomic E-state index is 0.0737. The van der Waals surface area contributed by atoms with Gasteiger partial charge in [-0.3, -0.25) is 10.2 Å². The molecule has 0 aromatic heterocycles. The largest absolute Gasteiger partial charge is 0.449 e. The molecule has 0 saturated carbocycles. The second-order valence-corrected chi connectivity index (χ2v) is 8.13. The zero-order valence-electron chi connectivity index (χ0n) is 17.4. The van der Waals surface area contributed by atoms with E-state index in [1.807, 2.05) is 85.8 Å². The van der Waals surface area contributed by atoms with Gasteiger partial charge in [-0.05, 0) is 36.1 Å². The highest BCUT2D eigenvalue weighted by Gasteiger charge is 2.54. The van der Waals surface area contributed by atoms with Crippen LogP contribution in [0.1, 0.15) is 36.0 Å². The molecule has 5 rings (SSSR count). The SMILES string of the molecule is CCOC(=O)N1c2ccccc2[C@H]2C[C@@H](C(O)(c3ccccc3)c3ccccc3)N[C@H]21. The van der Waals surface area contributed by atoms with Gasteiger partial charge in [-0.1, -0.05) is 78.9 Å². The van der Waals surface area contributed by atoms with Gasteiger partial charge in [0.05, 0.1) is 18.5 Å². The molecule has 1 amide bonds. The number of hydrogen-bond donors (Lipinski definition) is 2. The van der Waals surface area contributed by atoms with Crippen molar-refractivity contribution in [3.05, 3.63) is 102 Å². The molecule has 0 radical (unpaired) electrons. The molecular formula is C26H26N2O3. The van der Waals surface area contributed by atoms with E-state index >= 15 is 0 Å². The number of carbonyl (C=O) groups excluding carboxylic acids is 1. The molecular weight excluding hydrogens is 388 g/mol. The number of aliphatic hydroxyl groups is 1. The van der Waals surface area contributed by atoms with Crippen LogP contribution < -0.4 is 10.2 Å². The molecule has 2 heterocycles. The molecule has 1 saturated heterocycles. The molecule has 3 atom stereocenters. The van der Waals surface area contributed by atoms with Crippen LogP contribution in [-0.4, -0.2) is 30.0 Å². The van der Waals surface area contributed by atoms with Crippen LogP contribution in [0.4, 0.5) is 10.5 Å². The van der Waals surface area contributed by atoms with Crippen molar-refractivity contribution < 1.29 is 14.6 Å². The van der Waals surface area contributed by atoms with Gasteiger partial charge >= 0.3 is 6.09 Å². The summed E-state index contributed by atoms with van der Waals surface area (Å²) in [4.78, 5) is 14.6. The lowest BCUT2D eigenvalue weighted by atomic mass is 9.78. The fraction of sp³-hybridized carbons (Fsp3) is 0.269. The number of benzene rings is 3. The summed E-state index contributed by atoms with van der Waals surface area (Å²) in [5, 5.41) is 15.8. The average Bonchev–Trinajstić information content (AvgIpc) is 3.37. The molecule has 2 aliphatic rings. The van der Waals surface area contributed by atoms with E-state index in [2.05, 4.69) is 11.4 Å². The maximum atomic E-state index is 12.8. The van der Waals surface area contributed by atoms with Crippen LogP contribution in [0.15, 0.2) is 84.9 Å². The minimum Gasteiger partial charge on any atom is -0.449 e. The minimum atomic E-state index is -1.23. The van der Waals surface area contributed by atoms with E-state index in [9.17, 15) is 9.90 Å². The Bertz CT molecular complexity index is 1030. The predicted molar refractivity (Wildman–Crippen MR) is 120 cm³/mol. The Balaban J connectivity index is 1.57. The summed E-state index contributed by atoms with van der Waals surface area (Å²) in [7, 11) is 0. The van der Waals surface area contributed by atoms with Crippen molar-refractivity contribution in [2.45, 2.75) is 37.1 Å². The number of nitrogens with zero attached hydrogens (tertiary/aromatic N) is 1. The Morgan fingerprint density at radius 1 is 1.00 bits per heavy atom. The monoisotopic (exact) mass is 414 g/mol. The van der Waals surface area contributed by atoms with E-state index < -0.39 is 5.60 Å². The number of fused-ring (bicyclic) bond motifs is 3. The smallest absolute Gasteiger partial charge is 0.415 e. The van der Waals surface area contributed by atoms with Crippen molar-refractivity contribution in [3.63, 3.8) is 0 Å². The second-order valence-electron chi connectivity index (χ2n) is 8.13. The second kappa shape index (κ2) is 7.84. The first-order valence-corrected chi connectivity index (χ1v) is 10.8. The van der Waals surface area contributed by atoms with Gasteiger partial charge in [0.15, 0.2) is 0 Å². The first-order valence-electron chi connectivity index (χ1n) is 10.8. The molecule has 1 fully saturated rings. The highest BCUT2D eigenvalue weighted by molar-refractivity contribution is 5.92. The summed E-state index contributed by atoms with van der Waals surface area (Å²) in [5.41, 5.74) is 2.41. The number of anilines is 1. The van der Waals surface area contributed by atoms with Crippen LogP contribution in [0.3, 0.4) is 0 Å². The summed E-state index contributed by atoms with van der Waals surface area (Å²) in [6.45, 7) is 2.13. The average molecular weight is 415 g/mol. The zero-order chi connectivity index (χ0) is 21.4.